The summed E-state index contributed by atoms with van der Waals surface area (Å²) < 4.78 is 25.0. The van der Waals surface area contributed by atoms with Crippen LogP contribution >= 0.6 is 0 Å². The highest BCUT2D eigenvalue weighted by Gasteiger charge is 2.20. The van der Waals surface area contributed by atoms with E-state index in [2.05, 4.69) is 11.7 Å². The highest BCUT2D eigenvalue weighted by atomic mass is 32.2. The number of hydrazine groups is 2. The van der Waals surface area contributed by atoms with Gasteiger partial charge in [0, 0.05) is 0 Å². The van der Waals surface area contributed by atoms with E-state index >= 15 is 0 Å². The molecule has 0 unspecified atom stereocenters. The topological polar surface area (TPSA) is 127 Å². The first-order valence-corrected chi connectivity index (χ1v) is 8.16. The zero-order valence-corrected chi connectivity index (χ0v) is 13.7. The summed E-state index contributed by atoms with van der Waals surface area (Å²) in [5.74, 6) is 9.08. The Morgan fingerprint density at radius 1 is 0.826 bits per heavy atom. The molecule has 124 valence electrons. The van der Waals surface area contributed by atoms with Crippen molar-refractivity contribution in [3.8, 4) is 0 Å². The fourth-order valence-corrected chi connectivity index (χ4v) is 3.61. The maximum absolute atomic E-state index is 12.5. The smallest absolute Gasteiger partial charge is 0.275 e. The zero-order valence-electron chi connectivity index (χ0n) is 12.9. The maximum atomic E-state index is 12.5. The predicted octanol–water partition coefficient (Wildman–Crippen LogP) is 1.17. The van der Waals surface area contributed by atoms with Crippen LogP contribution in [0.4, 0.5) is 4.79 Å². The molecule has 23 heavy (non-hydrogen) atoms. The van der Waals surface area contributed by atoms with Crippen molar-refractivity contribution >= 4 is 15.9 Å². The molecule has 2 rings (SSSR count). The van der Waals surface area contributed by atoms with Crippen LogP contribution in [0.3, 0.4) is 0 Å². The molecular formula is C15H20N4O3S. The third-order valence-corrected chi connectivity index (χ3v) is 5.10. The number of hydrogen-bond donors (Lipinski definition) is 4. The van der Waals surface area contributed by atoms with Gasteiger partial charge in [-0.05, 0) is 37.1 Å². The molecule has 0 aliphatic rings. The Balaban J connectivity index is 0.000000379. The molecule has 0 aromatic heterocycles. The van der Waals surface area contributed by atoms with Crippen molar-refractivity contribution in [3.63, 3.8) is 0 Å². The Morgan fingerprint density at radius 2 is 1.17 bits per heavy atom. The number of rotatable bonds is 2. The summed E-state index contributed by atoms with van der Waals surface area (Å²) in [5.41, 5.74) is 5.03. The van der Waals surface area contributed by atoms with Gasteiger partial charge in [0.05, 0.1) is 9.79 Å². The monoisotopic (exact) mass is 336 g/mol. The van der Waals surface area contributed by atoms with Gasteiger partial charge in [0.2, 0.25) is 9.84 Å². The van der Waals surface area contributed by atoms with E-state index in [0.717, 1.165) is 11.1 Å². The summed E-state index contributed by atoms with van der Waals surface area (Å²) in [4.78, 5) is 10.5. The Kier molecular flexibility index (Phi) is 6.70. The van der Waals surface area contributed by atoms with Crippen LogP contribution in [-0.4, -0.2) is 14.4 Å². The van der Waals surface area contributed by atoms with Gasteiger partial charge in [0.1, 0.15) is 0 Å². The Hall–Kier alpha value is -2.42. The van der Waals surface area contributed by atoms with Crippen LogP contribution < -0.4 is 22.5 Å². The average Bonchev–Trinajstić information content (AvgIpc) is 2.55. The maximum Gasteiger partial charge on any atom is 0.343 e. The first-order chi connectivity index (χ1) is 10.8. The molecule has 0 bridgehead atoms. The Bertz CT molecular complexity index is 718. The number of carbonyl (C=O) groups excluding carboxylic acids is 1. The lowest BCUT2D eigenvalue weighted by atomic mass is 10.2. The van der Waals surface area contributed by atoms with Crippen molar-refractivity contribution in [1.29, 1.82) is 0 Å². The minimum Gasteiger partial charge on any atom is -0.275 e. The largest absolute Gasteiger partial charge is 0.343 e. The second-order valence-corrected chi connectivity index (χ2v) is 6.54. The molecule has 0 aliphatic heterocycles. The van der Waals surface area contributed by atoms with Crippen LogP contribution in [0.1, 0.15) is 11.1 Å². The summed E-state index contributed by atoms with van der Waals surface area (Å²) in [6.45, 7) is 3.62. The lowest BCUT2D eigenvalue weighted by Gasteiger charge is -2.09. The zero-order chi connectivity index (χ0) is 17.5. The number of carbonyl (C=O) groups is 1. The van der Waals surface area contributed by atoms with Gasteiger partial charge in [-0.2, -0.15) is 0 Å². The van der Waals surface area contributed by atoms with E-state index in [0.29, 0.717) is 9.79 Å². The Labute approximate surface area is 135 Å². The number of amides is 2. The minimum absolute atomic E-state index is 0.384. The molecule has 8 heteroatoms. The fraction of sp³-hybridized carbons (Fsp3) is 0.133. The van der Waals surface area contributed by atoms with E-state index in [1.165, 1.54) is 0 Å². The van der Waals surface area contributed by atoms with Crippen LogP contribution in [-0.2, 0) is 9.84 Å². The van der Waals surface area contributed by atoms with Crippen molar-refractivity contribution in [2.75, 3.05) is 0 Å². The molecule has 0 radical (unpaired) electrons. The molecule has 0 aliphatic carbocycles. The first kappa shape index (κ1) is 18.6. The highest BCUT2D eigenvalue weighted by Crippen LogP contribution is 2.25. The van der Waals surface area contributed by atoms with Crippen molar-refractivity contribution in [3.05, 3.63) is 59.7 Å². The second-order valence-electron chi connectivity index (χ2n) is 4.65. The number of aryl methyl sites for hydroxylation is 2. The van der Waals surface area contributed by atoms with Crippen LogP contribution in [0.15, 0.2) is 58.3 Å². The Morgan fingerprint density at radius 3 is 1.43 bits per heavy atom. The molecule has 0 fully saturated rings. The molecular weight excluding hydrogens is 316 g/mol. The van der Waals surface area contributed by atoms with E-state index in [1.807, 2.05) is 38.1 Å². The lowest BCUT2D eigenvalue weighted by Crippen LogP contribution is -2.43. The average molecular weight is 336 g/mol. The van der Waals surface area contributed by atoms with Gasteiger partial charge < -0.3 is 0 Å². The molecule has 2 aromatic carbocycles. The van der Waals surface area contributed by atoms with E-state index in [9.17, 15) is 13.2 Å². The summed E-state index contributed by atoms with van der Waals surface area (Å²) in [6.07, 6.45) is 0. The molecule has 7 nitrogen and oxygen atoms in total. The quantitative estimate of drug-likeness (QED) is 0.372. The van der Waals surface area contributed by atoms with Crippen molar-refractivity contribution in [1.82, 2.24) is 10.9 Å². The molecule has 0 saturated heterocycles. The van der Waals surface area contributed by atoms with Crippen molar-refractivity contribution in [2.24, 2.45) is 11.7 Å². The van der Waals surface area contributed by atoms with Gasteiger partial charge in [0.15, 0.2) is 0 Å². The number of hydrogen-bond acceptors (Lipinski definition) is 5. The molecule has 0 saturated carbocycles. The summed E-state index contributed by atoms with van der Waals surface area (Å²) in [7, 11) is -3.40. The minimum atomic E-state index is -3.40. The van der Waals surface area contributed by atoms with Crippen LogP contribution in [0.25, 0.3) is 0 Å². The molecule has 2 amide bonds. The second kappa shape index (κ2) is 8.28. The standard InChI is InChI=1S/C14H14O2S.CH6N4O/c1-11-7-3-5-9-13(11)17(15,16)14-10-6-4-8-12(14)2;2-4-1(6)5-3/h3-10H,1-2H3;2-3H2,(H2,4,5,6). The van der Waals surface area contributed by atoms with Crippen LogP contribution in [0.5, 0.6) is 0 Å². The molecule has 0 atom stereocenters. The van der Waals surface area contributed by atoms with Gasteiger partial charge in [-0.25, -0.2) is 24.9 Å². The molecule has 6 N–H and O–H groups in total. The molecule has 2 aromatic rings. The first-order valence-electron chi connectivity index (χ1n) is 6.68. The van der Waals surface area contributed by atoms with Crippen LogP contribution in [0, 0.1) is 13.8 Å². The third-order valence-electron chi connectivity index (χ3n) is 3.03. The van der Waals surface area contributed by atoms with Gasteiger partial charge >= 0.3 is 6.03 Å². The number of urea groups is 1. The summed E-state index contributed by atoms with van der Waals surface area (Å²) >= 11 is 0. The number of benzene rings is 2. The van der Waals surface area contributed by atoms with Gasteiger partial charge in [0.25, 0.3) is 0 Å². The number of nitrogens with two attached hydrogens (primary N) is 2. The summed E-state index contributed by atoms with van der Waals surface area (Å²) in [5, 5.41) is 0. The van der Waals surface area contributed by atoms with E-state index in [1.54, 1.807) is 35.1 Å². The van der Waals surface area contributed by atoms with Crippen molar-refractivity contribution in [2.45, 2.75) is 23.6 Å². The van der Waals surface area contributed by atoms with E-state index in [4.69, 9.17) is 0 Å². The van der Waals surface area contributed by atoms with Gasteiger partial charge in [-0.3, -0.25) is 10.9 Å². The number of nitrogens with one attached hydrogen (secondary N) is 2. The third kappa shape index (κ3) is 4.78. The molecule has 0 spiro atoms. The van der Waals surface area contributed by atoms with Gasteiger partial charge in [-0.15, -0.1) is 0 Å². The lowest BCUT2D eigenvalue weighted by molar-refractivity contribution is 0.241. The predicted molar refractivity (Wildman–Crippen MR) is 87.9 cm³/mol. The van der Waals surface area contributed by atoms with Crippen LogP contribution in [0.2, 0.25) is 0 Å². The number of sulfone groups is 1. The van der Waals surface area contributed by atoms with Crippen molar-refractivity contribution < 1.29 is 13.2 Å². The SMILES string of the molecule is Cc1ccccc1S(=O)(=O)c1ccccc1C.NNC(=O)NN. The highest BCUT2D eigenvalue weighted by molar-refractivity contribution is 7.91. The van der Waals surface area contributed by atoms with Gasteiger partial charge in [-0.1, -0.05) is 36.4 Å². The normalized spacial score (nSPS) is 10.3. The fourth-order valence-electron chi connectivity index (χ4n) is 1.88. The van der Waals surface area contributed by atoms with E-state index in [-0.39, 0.29) is 0 Å². The van der Waals surface area contributed by atoms with E-state index < -0.39 is 15.9 Å². The summed E-state index contributed by atoms with van der Waals surface area (Å²) in [6, 6.07) is 13.5. The molecule has 0 heterocycles.